The van der Waals surface area contributed by atoms with Crippen molar-refractivity contribution >= 4 is 10.9 Å². The third-order valence-electron chi connectivity index (χ3n) is 9.02. The number of aryl methyl sites for hydroxylation is 1. The van der Waals surface area contributed by atoms with Gasteiger partial charge < -0.3 is 23.8 Å². The minimum atomic E-state index is 0.635. The fourth-order valence-electron chi connectivity index (χ4n) is 6.81. The van der Waals surface area contributed by atoms with Gasteiger partial charge in [0.05, 0.1) is 26.7 Å². The molecule has 0 radical (unpaired) electrons. The lowest BCUT2D eigenvalue weighted by Gasteiger charge is -2.42. The minimum Gasteiger partial charge on any atom is -0.493 e. The van der Waals surface area contributed by atoms with Gasteiger partial charge in [0.2, 0.25) is 0 Å². The topological polar surface area (TPSA) is 53.9 Å². The molecule has 2 saturated heterocycles. The van der Waals surface area contributed by atoms with E-state index < -0.39 is 0 Å². The summed E-state index contributed by atoms with van der Waals surface area (Å²) in [6.07, 6.45) is 9.67. The van der Waals surface area contributed by atoms with Gasteiger partial charge in [0.15, 0.2) is 11.5 Å². The van der Waals surface area contributed by atoms with Crippen LogP contribution in [-0.4, -0.2) is 61.2 Å². The molecule has 0 spiro atoms. The molecule has 2 fully saturated rings. The number of likely N-dealkylation sites (tertiary alicyclic amines) is 2. The monoisotopic (exact) mass is 527 g/mol. The Hall–Kier alpha value is -3.22. The van der Waals surface area contributed by atoms with E-state index in [0.29, 0.717) is 5.92 Å². The number of piperidine rings is 2. The molecule has 0 atom stereocenters. The number of hydrogen-bond donors (Lipinski definition) is 1. The quantitative estimate of drug-likeness (QED) is 0.272. The van der Waals surface area contributed by atoms with Crippen LogP contribution in [0.2, 0.25) is 0 Å². The smallest absolute Gasteiger partial charge is 0.161 e. The molecule has 0 bridgehead atoms. The van der Waals surface area contributed by atoms with Crippen LogP contribution in [0.25, 0.3) is 22.2 Å². The van der Waals surface area contributed by atoms with Crippen molar-refractivity contribution in [2.24, 2.45) is 0 Å². The van der Waals surface area contributed by atoms with Crippen molar-refractivity contribution < 1.29 is 13.9 Å². The second-order valence-corrected chi connectivity index (χ2v) is 11.2. The number of ether oxygens (including phenoxy) is 2. The normalized spacial score (nSPS) is 18.1. The van der Waals surface area contributed by atoms with Gasteiger partial charge in [-0.1, -0.05) is 13.0 Å². The largest absolute Gasteiger partial charge is 0.493 e. The number of aromatic nitrogens is 1. The standard InChI is InChI=1S/C33H41N3O3/c1-4-28-29-19-25(5-7-30(29)34-33(28)26-6-8-31(37-2)32(20-26)38-3)24-9-16-36(17-10-24)27-11-14-35(15-12-27)21-23-13-18-39-22-23/h5-8,13,18-20,22,24,27,34H,4,9-12,14-17,21H2,1-3H3. The first-order valence-corrected chi connectivity index (χ1v) is 14.5. The molecule has 6 nitrogen and oxygen atoms in total. The highest BCUT2D eigenvalue weighted by atomic mass is 16.5. The first-order valence-electron chi connectivity index (χ1n) is 14.5. The van der Waals surface area contributed by atoms with E-state index in [-0.39, 0.29) is 0 Å². The summed E-state index contributed by atoms with van der Waals surface area (Å²) in [5.41, 5.74) is 7.67. The molecule has 6 rings (SSSR count). The van der Waals surface area contributed by atoms with Gasteiger partial charge in [-0.3, -0.25) is 4.90 Å². The second-order valence-electron chi connectivity index (χ2n) is 11.2. The predicted molar refractivity (Wildman–Crippen MR) is 157 cm³/mol. The second kappa shape index (κ2) is 11.5. The van der Waals surface area contributed by atoms with Crippen LogP contribution < -0.4 is 9.47 Å². The highest BCUT2D eigenvalue weighted by molar-refractivity contribution is 5.91. The van der Waals surface area contributed by atoms with E-state index in [0.717, 1.165) is 36.1 Å². The zero-order chi connectivity index (χ0) is 26.8. The molecule has 0 unspecified atom stereocenters. The Kier molecular flexibility index (Phi) is 7.67. The fourth-order valence-corrected chi connectivity index (χ4v) is 6.81. The third kappa shape index (κ3) is 5.32. The molecule has 4 aromatic rings. The van der Waals surface area contributed by atoms with Crippen LogP contribution in [0, 0.1) is 0 Å². The Morgan fingerprint density at radius 2 is 1.69 bits per heavy atom. The van der Waals surface area contributed by atoms with E-state index in [1.165, 1.54) is 85.1 Å². The Bertz CT molecular complexity index is 1380. The van der Waals surface area contributed by atoms with E-state index in [1.54, 1.807) is 20.5 Å². The van der Waals surface area contributed by atoms with Crippen LogP contribution in [0.5, 0.6) is 11.5 Å². The van der Waals surface area contributed by atoms with Gasteiger partial charge in [0.1, 0.15) is 0 Å². The lowest BCUT2D eigenvalue weighted by molar-refractivity contribution is 0.0845. The molecule has 0 saturated carbocycles. The van der Waals surface area contributed by atoms with Crippen LogP contribution in [0.4, 0.5) is 0 Å². The first-order chi connectivity index (χ1) is 19.2. The van der Waals surface area contributed by atoms with Crippen molar-refractivity contribution in [3.63, 3.8) is 0 Å². The summed E-state index contributed by atoms with van der Waals surface area (Å²) in [6.45, 7) is 8.04. The van der Waals surface area contributed by atoms with Crippen molar-refractivity contribution in [1.82, 2.24) is 14.8 Å². The van der Waals surface area contributed by atoms with Gasteiger partial charge in [-0.25, -0.2) is 0 Å². The first kappa shape index (κ1) is 26.0. The highest BCUT2D eigenvalue weighted by Crippen LogP contribution is 2.38. The Balaban J connectivity index is 1.12. The van der Waals surface area contributed by atoms with Crippen molar-refractivity contribution in [2.75, 3.05) is 40.4 Å². The van der Waals surface area contributed by atoms with Crippen LogP contribution in [-0.2, 0) is 13.0 Å². The fraction of sp³-hybridized carbons (Fsp3) is 0.455. The van der Waals surface area contributed by atoms with Crippen LogP contribution >= 0.6 is 0 Å². The number of aromatic amines is 1. The Morgan fingerprint density at radius 3 is 2.38 bits per heavy atom. The summed E-state index contributed by atoms with van der Waals surface area (Å²) >= 11 is 0. The molecule has 0 amide bonds. The summed E-state index contributed by atoms with van der Waals surface area (Å²) in [5, 5.41) is 1.35. The summed E-state index contributed by atoms with van der Waals surface area (Å²) < 4.78 is 16.3. The van der Waals surface area contributed by atoms with Crippen LogP contribution in [0.15, 0.2) is 59.4 Å². The maximum atomic E-state index is 5.57. The van der Waals surface area contributed by atoms with Crippen molar-refractivity contribution in [3.05, 3.63) is 71.7 Å². The van der Waals surface area contributed by atoms with Crippen LogP contribution in [0.1, 0.15) is 55.2 Å². The molecule has 4 heterocycles. The maximum absolute atomic E-state index is 5.57. The van der Waals surface area contributed by atoms with Gasteiger partial charge in [0, 0.05) is 40.3 Å². The lowest BCUT2D eigenvalue weighted by atomic mass is 9.87. The van der Waals surface area contributed by atoms with Gasteiger partial charge in [-0.2, -0.15) is 0 Å². The molecular weight excluding hydrogens is 486 g/mol. The lowest BCUT2D eigenvalue weighted by Crippen LogP contribution is -2.47. The molecular formula is C33H41N3O3. The zero-order valence-corrected chi connectivity index (χ0v) is 23.5. The molecule has 2 aliphatic heterocycles. The minimum absolute atomic E-state index is 0.635. The summed E-state index contributed by atoms with van der Waals surface area (Å²) in [7, 11) is 3.37. The number of nitrogens with zero attached hydrogens (tertiary/aromatic N) is 2. The van der Waals surface area contributed by atoms with E-state index >= 15 is 0 Å². The number of fused-ring (bicyclic) bond motifs is 1. The van der Waals surface area contributed by atoms with E-state index in [1.807, 2.05) is 12.3 Å². The molecule has 1 N–H and O–H groups in total. The van der Waals surface area contributed by atoms with Gasteiger partial charge in [-0.15, -0.1) is 0 Å². The van der Waals surface area contributed by atoms with E-state index in [9.17, 15) is 0 Å². The summed E-state index contributed by atoms with van der Waals surface area (Å²) in [4.78, 5) is 9.05. The van der Waals surface area contributed by atoms with Crippen molar-refractivity contribution in [2.45, 2.75) is 57.5 Å². The predicted octanol–water partition coefficient (Wildman–Crippen LogP) is 6.85. The average molecular weight is 528 g/mol. The maximum Gasteiger partial charge on any atom is 0.161 e. The number of furan rings is 1. The number of H-pyrrole nitrogens is 1. The number of nitrogens with one attached hydrogen (secondary N) is 1. The van der Waals surface area contributed by atoms with Gasteiger partial charge in [0.25, 0.3) is 0 Å². The molecule has 6 heteroatoms. The van der Waals surface area contributed by atoms with E-state index in [4.69, 9.17) is 13.9 Å². The summed E-state index contributed by atoms with van der Waals surface area (Å²) in [5.74, 6) is 2.15. The third-order valence-corrected chi connectivity index (χ3v) is 9.02. The summed E-state index contributed by atoms with van der Waals surface area (Å²) in [6, 6.07) is 16.1. The van der Waals surface area contributed by atoms with Crippen molar-refractivity contribution in [3.8, 4) is 22.8 Å². The number of hydrogen-bond acceptors (Lipinski definition) is 5. The van der Waals surface area contributed by atoms with Crippen LogP contribution in [0.3, 0.4) is 0 Å². The molecule has 2 aliphatic rings. The van der Waals surface area contributed by atoms with Gasteiger partial charge in [-0.05, 0) is 112 Å². The molecule has 2 aromatic carbocycles. The van der Waals surface area contributed by atoms with Crippen molar-refractivity contribution in [1.29, 1.82) is 0 Å². The molecule has 2 aromatic heterocycles. The number of methoxy groups -OCH3 is 2. The zero-order valence-electron chi connectivity index (χ0n) is 23.5. The average Bonchev–Trinajstić information content (AvgIpc) is 3.64. The number of rotatable bonds is 8. The SMILES string of the molecule is CCc1c(-c2ccc(OC)c(OC)c2)[nH]c2ccc(C3CCN(C4CCN(Cc5ccoc5)CC4)CC3)cc12. The number of benzene rings is 2. The Labute approximate surface area is 231 Å². The van der Waals surface area contributed by atoms with E-state index in [2.05, 4.69) is 58.1 Å². The Morgan fingerprint density at radius 1 is 0.897 bits per heavy atom. The highest BCUT2D eigenvalue weighted by Gasteiger charge is 2.29. The molecule has 206 valence electrons. The molecule has 0 aliphatic carbocycles. The van der Waals surface area contributed by atoms with Gasteiger partial charge >= 0.3 is 0 Å². The molecule has 39 heavy (non-hydrogen) atoms.